The zero-order chi connectivity index (χ0) is 15.4. The summed E-state index contributed by atoms with van der Waals surface area (Å²) in [6.07, 6.45) is 0. The first-order valence-corrected chi connectivity index (χ1v) is 7.07. The fraction of sp³-hybridized carbons (Fsp3) is 0.143. The molecule has 5 nitrogen and oxygen atoms in total. The van der Waals surface area contributed by atoms with Crippen molar-refractivity contribution < 1.29 is 14.4 Å². The number of nitro groups is 1. The second kappa shape index (κ2) is 6.78. The van der Waals surface area contributed by atoms with Gasteiger partial charge < -0.3 is 9.47 Å². The third-order valence-electron chi connectivity index (χ3n) is 2.75. The molecular formula is C14H11BrClNO4. The van der Waals surface area contributed by atoms with Crippen molar-refractivity contribution in [2.45, 2.75) is 6.61 Å². The molecule has 0 aromatic heterocycles. The summed E-state index contributed by atoms with van der Waals surface area (Å²) in [5, 5.41) is 10.8. The summed E-state index contributed by atoms with van der Waals surface area (Å²) >= 11 is 9.35. The fourth-order valence-electron chi connectivity index (χ4n) is 1.74. The SMILES string of the molecule is COc1ccc(Br)cc1COc1ccc([N+](=O)[O-])cc1Cl. The lowest BCUT2D eigenvalue weighted by molar-refractivity contribution is -0.384. The summed E-state index contributed by atoms with van der Waals surface area (Å²) in [5.74, 6) is 1.07. The molecule has 0 fully saturated rings. The molecule has 0 bridgehead atoms. The van der Waals surface area contributed by atoms with Gasteiger partial charge in [0.1, 0.15) is 18.1 Å². The minimum absolute atomic E-state index is 0.0765. The zero-order valence-corrected chi connectivity index (χ0v) is 13.3. The van der Waals surface area contributed by atoms with E-state index >= 15 is 0 Å². The Balaban J connectivity index is 2.17. The number of benzene rings is 2. The van der Waals surface area contributed by atoms with Gasteiger partial charge in [-0.3, -0.25) is 10.1 Å². The van der Waals surface area contributed by atoms with Gasteiger partial charge in [-0.25, -0.2) is 0 Å². The summed E-state index contributed by atoms with van der Waals surface area (Å²) in [6, 6.07) is 9.64. The summed E-state index contributed by atoms with van der Waals surface area (Å²) in [4.78, 5) is 10.1. The number of methoxy groups -OCH3 is 1. The number of nitrogens with zero attached hydrogens (tertiary/aromatic N) is 1. The molecule has 0 heterocycles. The summed E-state index contributed by atoms with van der Waals surface area (Å²) in [7, 11) is 1.57. The number of hydrogen-bond acceptors (Lipinski definition) is 4. The van der Waals surface area contributed by atoms with Gasteiger partial charge in [0.15, 0.2) is 0 Å². The van der Waals surface area contributed by atoms with Crippen LogP contribution in [0.15, 0.2) is 40.9 Å². The summed E-state index contributed by atoms with van der Waals surface area (Å²) < 4.78 is 11.7. The molecular weight excluding hydrogens is 362 g/mol. The van der Waals surface area contributed by atoms with Crippen LogP contribution in [0.25, 0.3) is 0 Å². The molecule has 0 aliphatic heterocycles. The van der Waals surface area contributed by atoms with Gasteiger partial charge in [-0.2, -0.15) is 0 Å². The molecule has 0 atom stereocenters. The first-order chi connectivity index (χ1) is 10.0. The van der Waals surface area contributed by atoms with Crippen molar-refractivity contribution >= 4 is 33.2 Å². The molecule has 0 radical (unpaired) electrons. The Bertz CT molecular complexity index is 678. The van der Waals surface area contributed by atoms with Crippen LogP contribution in [0.2, 0.25) is 5.02 Å². The van der Waals surface area contributed by atoms with Crippen LogP contribution in [-0.4, -0.2) is 12.0 Å². The second-order valence-corrected chi connectivity index (χ2v) is 5.44. The van der Waals surface area contributed by atoms with Gasteiger partial charge in [-0.05, 0) is 24.3 Å². The van der Waals surface area contributed by atoms with E-state index in [0.29, 0.717) is 11.5 Å². The molecule has 7 heteroatoms. The Kier molecular flexibility index (Phi) is 5.03. The van der Waals surface area contributed by atoms with Gasteiger partial charge >= 0.3 is 0 Å². The maximum Gasteiger partial charge on any atom is 0.271 e. The van der Waals surface area contributed by atoms with Gasteiger partial charge in [0.05, 0.1) is 17.1 Å². The minimum atomic E-state index is -0.507. The third kappa shape index (κ3) is 3.86. The predicted octanol–water partition coefficient (Wildman–Crippen LogP) is 4.60. The molecule has 2 aromatic carbocycles. The Morgan fingerprint density at radius 1 is 1.24 bits per heavy atom. The summed E-state index contributed by atoms with van der Waals surface area (Å²) in [6.45, 7) is 0.236. The molecule has 0 aliphatic rings. The van der Waals surface area contributed by atoms with Crippen molar-refractivity contribution in [3.63, 3.8) is 0 Å². The van der Waals surface area contributed by atoms with Crippen LogP contribution >= 0.6 is 27.5 Å². The second-order valence-electron chi connectivity index (χ2n) is 4.12. The van der Waals surface area contributed by atoms with Crippen LogP contribution in [0.4, 0.5) is 5.69 Å². The quantitative estimate of drug-likeness (QED) is 0.568. The molecule has 21 heavy (non-hydrogen) atoms. The van der Waals surface area contributed by atoms with E-state index < -0.39 is 4.92 Å². The average Bonchev–Trinajstić information content (AvgIpc) is 2.46. The van der Waals surface area contributed by atoms with Crippen LogP contribution in [-0.2, 0) is 6.61 Å². The molecule has 0 aliphatic carbocycles. The van der Waals surface area contributed by atoms with E-state index in [4.69, 9.17) is 21.1 Å². The van der Waals surface area contributed by atoms with E-state index in [1.165, 1.54) is 18.2 Å². The third-order valence-corrected chi connectivity index (χ3v) is 3.54. The van der Waals surface area contributed by atoms with Gasteiger partial charge in [-0.1, -0.05) is 27.5 Å². The van der Waals surface area contributed by atoms with E-state index in [2.05, 4.69) is 15.9 Å². The van der Waals surface area contributed by atoms with E-state index in [-0.39, 0.29) is 17.3 Å². The van der Waals surface area contributed by atoms with E-state index in [1.807, 2.05) is 18.2 Å². The Morgan fingerprint density at radius 3 is 2.57 bits per heavy atom. The average molecular weight is 373 g/mol. The van der Waals surface area contributed by atoms with Gasteiger partial charge in [-0.15, -0.1) is 0 Å². The van der Waals surface area contributed by atoms with Crippen LogP contribution in [0.3, 0.4) is 0 Å². The largest absolute Gasteiger partial charge is 0.496 e. The lowest BCUT2D eigenvalue weighted by Crippen LogP contribution is -1.99. The molecule has 2 rings (SSSR count). The van der Waals surface area contributed by atoms with E-state index in [9.17, 15) is 10.1 Å². The molecule has 110 valence electrons. The van der Waals surface area contributed by atoms with Crippen LogP contribution in [0.5, 0.6) is 11.5 Å². The minimum Gasteiger partial charge on any atom is -0.496 e. The van der Waals surface area contributed by atoms with Gasteiger partial charge in [0.25, 0.3) is 5.69 Å². The van der Waals surface area contributed by atoms with Crippen molar-refractivity contribution in [3.8, 4) is 11.5 Å². The van der Waals surface area contributed by atoms with Gasteiger partial charge in [0.2, 0.25) is 0 Å². The molecule has 0 amide bonds. The van der Waals surface area contributed by atoms with Crippen molar-refractivity contribution in [2.75, 3.05) is 7.11 Å². The Hall–Kier alpha value is -1.79. The van der Waals surface area contributed by atoms with E-state index in [0.717, 1.165) is 10.0 Å². The highest BCUT2D eigenvalue weighted by atomic mass is 79.9. The summed E-state index contributed by atoms with van der Waals surface area (Å²) in [5.41, 5.74) is 0.758. The number of rotatable bonds is 5. The van der Waals surface area contributed by atoms with Crippen molar-refractivity contribution in [1.29, 1.82) is 0 Å². The van der Waals surface area contributed by atoms with Crippen molar-refractivity contribution in [1.82, 2.24) is 0 Å². The fourth-order valence-corrected chi connectivity index (χ4v) is 2.37. The highest BCUT2D eigenvalue weighted by Crippen LogP contribution is 2.30. The Morgan fingerprint density at radius 2 is 1.95 bits per heavy atom. The van der Waals surface area contributed by atoms with Crippen LogP contribution in [0.1, 0.15) is 5.56 Å². The highest BCUT2D eigenvalue weighted by Gasteiger charge is 2.11. The molecule has 0 spiro atoms. The lowest BCUT2D eigenvalue weighted by atomic mass is 10.2. The Labute approximate surface area is 134 Å². The number of halogens is 2. The van der Waals surface area contributed by atoms with Crippen molar-refractivity contribution in [2.24, 2.45) is 0 Å². The molecule has 0 saturated carbocycles. The molecule has 0 unspecified atom stereocenters. The van der Waals surface area contributed by atoms with Crippen LogP contribution < -0.4 is 9.47 Å². The maximum atomic E-state index is 10.6. The lowest BCUT2D eigenvalue weighted by Gasteiger charge is -2.11. The number of nitro benzene ring substituents is 1. The number of ether oxygens (including phenoxy) is 2. The topological polar surface area (TPSA) is 61.6 Å². The highest BCUT2D eigenvalue weighted by molar-refractivity contribution is 9.10. The maximum absolute atomic E-state index is 10.6. The molecule has 2 aromatic rings. The first kappa shape index (κ1) is 15.6. The monoisotopic (exact) mass is 371 g/mol. The normalized spacial score (nSPS) is 10.2. The standard InChI is InChI=1S/C14H11BrClNO4/c1-20-13-4-2-10(15)6-9(13)8-21-14-5-3-11(17(18)19)7-12(14)16/h2-7H,8H2,1H3. The predicted molar refractivity (Wildman–Crippen MR) is 83.1 cm³/mol. The smallest absolute Gasteiger partial charge is 0.271 e. The zero-order valence-electron chi connectivity index (χ0n) is 11.0. The number of hydrogen-bond donors (Lipinski definition) is 0. The first-order valence-electron chi connectivity index (χ1n) is 5.90. The van der Waals surface area contributed by atoms with Crippen molar-refractivity contribution in [3.05, 3.63) is 61.6 Å². The molecule has 0 saturated heterocycles. The van der Waals surface area contributed by atoms with E-state index in [1.54, 1.807) is 7.11 Å². The van der Waals surface area contributed by atoms with Crippen LogP contribution in [0, 0.1) is 10.1 Å². The molecule has 0 N–H and O–H groups in total. The van der Waals surface area contributed by atoms with Gasteiger partial charge in [0, 0.05) is 22.2 Å². The number of non-ortho nitro benzene ring substituents is 1.